The predicted octanol–water partition coefficient (Wildman–Crippen LogP) is 3.32. The summed E-state index contributed by atoms with van der Waals surface area (Å²) in [6, 6.07) is 15.9. The van der Waals surface area contributed by atoms with Gasteiger partial charge in [0.05, 0.1) is 13.7 Å². The van der Waals surface area contributed by atoms with Gasteiger partial charge in [-0.2, -0.15) is 4.98 Å². The van der Waals surface area contributed by atoms with E-state index in [0.717, 1.165) is 30.2 Å². The lowest BCUT2D eigenvalue weighted by atomic mass is 10.0. The van der Waals surface area contributed by atoms with E-state index in [2.05, 4.69) is 9.97 Å². The Labute approximate surface area is 157 Å². The van der Waals surface area contributed by atoms with Crippen molar-refractivity contribution >= 4 is 16.7 Å². The molecule has 138 valence electrons. The van der Waals surface area contributed by atoms with Gasteiger partial charge in [0.15, 0.2) is 0 Å². The monoisotopic (exact) mass is 363 g/mol. The molecule has 6 nitrogen and oxygen atoms in total. The van der Waals surface area contributed by atoms with E-state index in [1.807, 2.05) is 47.4 Å². The zero-order valence-corrected chi connectivity index (χ0v) is 15.2. The van der Waals surface area contributed by atoms with E-state index in [4.69, 9.17) is 9.47 Å². The summed E-state index contributed by atoms with van der Waals surface area (Å²) in [6.45, 7) is 1.27. The number of amides is 1. The number of hydrogen-bond donors (Lipinski definition) is 0. The molecule has 3 aromatic rings. The predicted molar refractivity (Wildman–Crippen MR) is 102 cm³/mol. The SMILES string of the molecule is COc1nccc(OC2CCCN(C(=O)c3ccc4ccccc4c3)C2)n1. The summed E-state index contributed by atoms with van der Waals surface area (Å²) in [5.41, 5.74) is 0.707. The highest BCUT2D eigenvalue weighted by Gasteiger charge is 2.26. The molecule has 4 rings (SSSR count). The number of piperidine rings is 1. The molecule has 0 aliphatic carbocycles. The summed E-state index contributed by atoms with van der Waals surface area (Å²) in [5, 5.41) is 2.20. The molecule has 6 heteroatoms. The average molecular weight is 363 g/mol. The molecule has 1 saturated heterocycles. The van der Waals surface area contributed by atoms with Crippen LogP contribution in [0.1, 0.15) is 23.2 Å². The maximum absolute atomic E-state index is 13.0. The van der Waals surface area contributed by atoms with Crippen molar-refractivity contribution < 1.29 is 14.3 Å². The van der Waals surface area contributed by atoms with Crippen LogP contribution < -0.4 is 9.47 Å². The van der Waals surface area contributed by atoms with Crippen LogP contribution in [-0.2, 0) is 0 Å². The maximum atomic E-state index is 13.0. The fourth-order valence-electron chi connectivity index (χ4n) is 3.38. The van der Waals surface area contributed by atoms with E-state index in [9.17, 15) is 4.79 Å². The second-order valence-corrected chi connectivity index (χ2v) is 6.58. The number of nitrogens with zero attached hydrogens (tertiary/aromatic N) is 3. The van der Waals surface area contributed by atoms with E-state index >= 15 is 0 Å². The van der Waals surface area contributed by atoms with Crippen LogP contribution in [0, 0.1) is 0 Å². The molecule has 0 spiro atoms. The second kappa shape index (κ2) is 7.61. The number of ether oxygens (including phenoxy) is 2. The third-order valence-corrected chi connectivity index (χ3v) is 4.74. The Balaban J connectivity index is 1.47. The Morgan fingerprint density at radius 3 is 2.85 bits per heavy atom. The third-order valence-electron chi connectivity index (χ3n) is 4.74. The van der Waals surface area contributed by atoms with Crippen LogP contribution in [-0.4, -0.2) is 47.1 Å². The minimum Gasteiger partial charge on any atom is -0.472 e. The fourth-order valence-corrected chi connectivity index (χ4v) is 3.38. The molecule has 2 heterocycles. The molecule has 1 aliphatic rings. The van der Waals surface area contributed by atoms with E-state index in [0.29, 0.717) is 18.0 Å². The highest BCUT2D eigenvalue weighted by atomic mass is 16.5. The molecule has 0 saturated carbocycles. The largest absolute Gasteiger partial charge is 0.472 e. The highest BCUT2D eigenvalue weighted by molar-refractivity contribution is 5.98. The minimum atomic E-state index is -0.0947. The molecule has 27 heavy (non-hydrogen) atoms. The quantitative estimate of drug-likeness (QED) is 0.711. The van der Waals surface area contributed by atoms with Gasteiger partial charge in [-0.15, -0.1) is 0 Å². The van der Waals surface area contributed by atoms with Gasteiger partial charge >= 0.3 is 6.01 Å². The summed E-state index contributed by atoms with van der Waals surface area (Å²) in [7, 11) is 1.52. The van der Waals surface area contributed by atoms with Gasteiger partial charge in [0, 0.05) is 24.4 Å². The van der Waals surface area contributed by atoms with Gasteiger partial charge in [0.25, 0.3) is 5.91 Å². The highest BCUT2D eigenvalue weighted by Crippen LogP contribution is 2.21. The zero-order chi connectivity index (χ0) is 18.6. The van der Waals surface area contributed by atoms with Gasteiger partial charge in [0.2, 0.25) is 5.88 Å². The van der Waals surface area contributed by atoms with Crippen LogP contribution in [0.25, 0.3) is 10.8 Å². The Bertz CT molecular complexity index is 960. The molecule has 2 aromatic carbocycles. The van der Waals surface area contributed by atoms with Crippen LogP contribution in [0.2, 0.25) is 0 Å². The minimum absolute atomic E-state index is 0.0364. The third kappa shape index (κ3) is 3.84. The van der Waals surface area contributed by atoms with Crippen molar-refractivity contribution in [1.82, 2.24) is 14.9 Å². The molecule has 1 amide bonds. The summed E-state index contributed by atoms with van der Waals surface area (Å²) in [4.78, 5) is 23.0. The molecule has 1 unspecified atom stereocenters. The number of carbonyl (C=O) groups excluding carboxylic acids is 1. The van der Waals surface area contributed by atoms with Crippen LogP contribution in [0.5, 0.6) is 11.9 Å². The number of benzene rings is 2. The van der Waals surface area contributed by atoms with Crippen LogP contribution in [0.4, 0.5) is 0 Å². The fraction of sp³-hybridized carbons (Fsp3) is 0.286. The van der Waals surface area contributed by atoms with E-state index in [1.165, 1.54) is 7.11 Å². The smallest absolute Gasteiger partial charge is 0.319 e. The van der Waals surface area contributed by atoms with Crippen molar-refractivity contribution in [3.05, 3.63) is 60.3 Å². The summed E-state index contributed by atoms with van der Waals surface area (Å²) in [5.74, 6) is 0.501. The number of methoxy groups -OCH3 is 1. The summed E-state index contributed by atoms with van der Waals surface area (Å²) < 4.78 is 11.0. The number of aromatic nitrogens is 2. The van der Waals surface area contributed by atoms with Crippen molar-refractivity contribution in [3.8, 4) is 11.9 Å². The van der Waals surface area contributed by atoms with E-state index in [-0.39, 0.29) is 18.0 Å². The Hall–Kier alpha value is -3.15. The first-order valence-corrected chi connectivity index (χ1v) is 9.05. The standard InChI is InChI=1S/C21H21N3O3/c1-26-21-22-11-10-19(23-21)27-18-7-4-12-24(14-18)20(25)17-9-8-15-5-2-3-6-16(15)13-17/h2-3,5-6,8-11,13,18H,4,7,12,14H2,1H3. The number of likely N-dealkylation sites (tertiary alicyclic amines) is 1. The first kappa shape index (κ1) is 17.3. The molecule has 0 radical (unpaired) electrons. The van der Waals surface area contributed by atoms with Crippen LogP contribution >= 0.6 is 0 Å². The normalized spacial score (nSPS) is 16.9. The first-order chi connectivity index (χ1) is 13.2. The average Bonchev–Trinajstić information content (AvgIpc) is 2.73. The molecule has 1 aromatic heterocycles. The van der Waals surface area contributed by atoms with Gasteiger partial charge in [0.1, 0.15) is 6.10 Å². The summed E-state index contributed by atoms with van der Waals surface area (Å²) in [6.07, 6.45) is 3.28. The molecule has 0 bridgehead atoms. The molecule has 1 aliphatic heterocycles. The molecular formula is C21H21N3O3. The van der Waals surface area contributed by atoms with Crippen molar-refractivity contribution in [2.45, 2.75) is 18.9 Å². The Kier molecular flexibility index (Phi) is 4.87. The zero-order valence-electron chi connectivity index (χ0n) is 15.2. The molecular weight excluding hydrogens is 342 g/mol. The van der Waals surface area contributed by atoms with E-state index < -0.39 is 0 Å². The van der Waals surface area contributed by atoms with Gasteiger partial charge in [-0.3, -0.25) is 4.79 Å². The lowest BCUT2D eigenvalue weighted by Gasteiger charge is -2.32. The van der Waals surface area contributed by atoms with Gasteiger partial charge in [-0.1, -0.05) is 30.3 Å². The lowest BCUT2D eigenvalue weighted by Crippen LogP contribution is -2.44. The Morgan fingerprint density at radius 1 is 1.15 bits per heavy atom. The number of carbonyl (C=O) groups is 1. The number of rotatable bonds is 4. The lowest BCUT2D eigenvalue weighted by molar-refractivity contribution is 0.0526. The summed E-state index contributed by atoms with van der Waals surface area (Å²) >= 11 is 0. The van der Waals surface area contributed by atoms with E-state index in [1.54, 1.807) is 12.3 Å². The first-order valence-electron chi connectivity index (χ1n) is 9.05. The Morgan fingerprint density at radius 2 is 2.00 bits per heavy atom. The van der Waals surface area contributed by atoms with Crippen molar-refractivity contribution in [2.75, 3.05) is 20.2 Å². The van der Waals surface area contributed by atoms with Crippen molar-refractivity contribution in [1.29, 1.82) is 0 Å². The van der Waals surface area contributed by atoms with Gasteiger partial charge in [-0.25, -0.2) is 4.98 Å². The van der Waals surface area contributed by atoms with Crippen LogP contribution in [0.3, 0.4) is 0 Å². The van der Waals surface area contributed by atoms with Crippen LogP contribution in [0.15, 0.2) is 54.7 Å². The maximum Gasteiger partial charge on any atom is 0.319 e. The van der Waals surface area contributed by atoms with Gasteiger partial charge in [-0.05, 0) is 35.7 Å². The molecule has 1 fully saturated rings. The molecule has 1 atom stereocenters. The second-order valence-electron chi connectivity index (χ2n) is 6.58. The topological polar surface area (TPSA) is 64.6 Å². The van der Waals surface area contributed by atoms with Gasteiger partial charge < -0.3 is 14.4 Å². The van der Waals surface area contributed by atoms with Crippen molar-refractivity contribution in [3.63, 3.8) is 0 Å². The van der Waals surface area contributed by atoms with Crippen molar-refractivity contribution in [2.24, 2.45) is 0 Å². The molecule has 0 N–H and O–H groups in total. The number of hydrogen-bond acceptors (Lipinski definition) is 5. The number of fused-ring (bicyclic) bond motifs is 1.